The monoisotopic (exact) mass is 281 g/mol. The van der Waals surface area contributed by atoms with Crippen LogP contribution in [0.4, 0.5) is 6.01 Å². The first-order valence-electron chi connectivity index (χ1n) is 6.78. The summed E-state index contributed by atoms with van der Waals surface area (Å²) < 4.78 is 10.0. The number of esters is 1. The van der Waals surface area contributed by atoms with Crippen LogP contribution in [0.3, 0.4) is 0 Å². The molecule has 0 aromatic carbocycles. The van der Waals surface area contributed by atoms with E-state index in [0.29, 0.717) is 12.6 Å². The normalized spacial score (nSPS) is 22.2. The van der Waals surface area contributed by atoms with Crippen LogP contribution < -0.4 is 11.1 Å². The Morgan fingerprint density at radius 3 is 2.75 bits per heavy atom. The van der Waals surface area contributed by atoms with Crippen LogP contribution in [-0.4, -0.2) is 29.5 Å². The summed E-state index contributed by atoms with van der Waals surface area (Å²) in [5.41, 5.74) is 5.44. The molecule has 0 spiro atoms. The Bertz CT molecular complexity index is 478. The number of hydrogen-bond acceptors (Lipinski definition) is 6. The van der Waals surface area contributed by atoms with Crippen molar-refractivity contribution in [2.24, 2.45) is 11.7 Å². The van der Waals surface area contributed by atoms with Gasteiger partial charge < -0.3 is 20.2 Å². The molecular formula is C13H19N3O4. The van der Waals surface area contributed by atoms with E-state index in [4.69, 9.17) is 14.9 Å². The quantitative estimate of drug-likeness (QED) is 0.788. The lowest BCUT2D eigenvalue weighted by atomic mass is 9.86. The number of nitrogens with zero attached hydrogens (tertiary/aromatic N) is 1. The van der Waals surface area contributed by atoms with Crippen LogP contribution in [0.5, 0.6) is 0 Å². The topological polar surface area (TPSA) is 107 Å². The maximum Gasteiger partial charge on any atom is 0.360 e. The SMILES string of the molecule is CCOC(=O)c1coc(NC2CCC(C(N)=O)CC2)n1. The summed E-state index contributed by atoms with van der Waals surface area (Å²) >= 11 is 0. The number of carbonyl (C=O) groups is 2. The Balaban J connectivity index is 1.86. The molecule has 0 saturated heterocycles. The van der Waals surface area contributed by atoms with Gasteiger partial charge in [-0.2, -0.15) is 4.98 Å². The number of ether oxygens (including phenoxy) is 1. The van der Waals surface area contributed by atoms with Crippen LogP contribution >= 0.6 is 0 Å². The van der Waals surface area contributed by atoms with E-state index < -0.39 is 5.97 Å². The van der Waals surface area contributed by atoms with E-state index in [-0.39, 0.29) is 23.6 Å². The standard InChI is InChI=1S/C13H19N3O4/c1-2-19-12(18)10-7-20-13(16-10)15-9-5-3-8(4-6-9)11(14)17/h7-9H,2-6H2,1H3,(H2,14,17)(H,15,16). The van der Waals surface area contributed by atoms with Gasteiger partial charge in [0.2, 0.25) is 5.91 Å². The zero-order valence-corrected chi connectivity index (χ0v) is 11.4. The second kappa shape index (κ2) is 6.40. The number of aromatic nitrogens is 1. The first-order valence-corrected chi connectivity index (χ1v) is 6.78. The van der Waals surface area contributed by atoms with E-state index >= 15 is 0 Å². The van der Waals surface area contributed by atoms with Crippen LogP contribution in [0.15, 0.2) is 10.7 Å². The maximum absolute atomic E-state index is 11.4. The highest BCUT2D eigenvalue weighted by molar-refractivity contribution is 5.87. The molecule has 1 aliphatic rings. The van der Waals surface area contributed by atoms with Gasteiger partial charge in [-0.3, -0.25) is 4.79 Å². The Hall–Kier alpha value is -2.05. The predicted octanol–water partition coefficient (Wildman–Crippen LogP) is 1.31. The average Bonchev–Trinajstić information content (AvgIpc) is 2.88. The van der Waals surface area contributed by atoms with Gasteiger partial charge in [-0.05, 0) is 32.6 Å². The third-order valence-corrected chi connectivity index (χ3v) is 3.45. The molecule has 0 aliphatic heterocycles. The van der Waals surface area contributed by atoms with Crippen molar-refractivity contribution in [3.05, 3.63) is 12.0 Å². The van der Waals surface area contributed by atoms with Crippen LogP contribution in [0, 0.1) is 5.92 Å². The van der Waals surface area contributed by atoms with Gasteiger partial charge in [-0.15, -0.1) is 0 Å². The zero-order chi connectivity index (χ0) is 14.5. The van der Waals surface area contributed by atoms with E-state index in [0.717, 1.165) is 25.7 Å². The molecule has 7 nitrogen and oxygen atoms in total. The molecule has 110 valence electrons. The van der Waals surface area contributed by atoms with Gasteiger partial charge >= 0.3 is 5.97 Å². The summed E-state index contributed by atoms with van der Waals surface area (Å²) in [6, 6.07) is 0.481. The van der Waals surface area contributed by atoms with Crippen molar-refractivity contribution in [3.8, 4) is 0 Å². The maximum atomic E-state index is 11.4. The molecule has 0 atom stereocenters. The van der Waals surface area contributed by atoms with Crippen molar-refractivity contribution in [3.63, 3.8) is 0 Å². The summed E-state index contributed by atoms with van der Waals surface area (Å²) in [5.74, 6) is -0.765. The van der Waals surface area contributed by atoms with Gasteiger partial charge in [0.1, 0.15) is 6.26 Å². The molecule has 3 N–H and O–H groups in total. The Morgan fingerprint density at radius 2 is 2.15 bits per heavy atom. The molecular weight excluding hydrogens is 262 g/mol. The van der Waals surface area contributed by atoms with Gasteiger partial charge in [0.05, 0.1) is 6.61 Å². The fraction of sp³-hybridized carbons (Fsp3) is 0.615. The number of oxazole rings is 1. The largest absolute Gasteiger partial charge is 0.461 e. The van der Waals surface area contributed by atoms with Gasteiger partial charge in [-0.1, -0.05) is 0 Å². The highest BCUT2D eigenvalue weighted by Gasteiger charge is 2.25. The zero-order valence-electron chi connectivity index (χ0n) is 11.4. The molecule has 0 radical (unpaired) electrons. The minimum absolute atomic E-state index is 0.0345. The van der Waals surface area contributed by atoms with Crippen molar-refractivity contribution in [2.75, 3.05) is 11.9 Å². The fourth-order valence-electron chi connectivity index (χ4n) is 2.34. The minimum Gasteiger partial charge on any atom is -0.461 e. The van der Waals surface area contributed by atoms with Gasteiger partial charge in [0, 0.05) is 12.0 Å². The molecule has 1 aliphatic carbocycles. The van der Waals surface area contributed by atoms with E-state index in [1.165, 1.54) is 6.26 Å². The van der Waals surface area contributed by atoms with Crippen molar-refractivity contribution < 1.29 is 18.7 Å². The Kier molecular flexibility index (Phi) is 4.60. The van der Waals surface area contributed by atoms with Crippen molar-refractivity contribution >= 4 is 17.9 Å². The molecule has 20 heavy (non-hydrogen) atoms. The summed E-state index contributed by atoms with van der Waals surface area (Å²) in [6.45, 7) is 2.03. The van der Waals surface area contributed by atoms with E-state index in [1.807, 2.05) is 0 Å². The summed E-state index contributed by atoms with van der Waals surface area (Å²) in [4.78, 5) is 26.6. The van der Waals surface area contributed by atoms with Crippen LogP contribution in [0.25, 0.3) is 0 Å². The van der Waals surface area contributed by atoms with Gasteiger partial charge in [0.15, 0.2) is 5.69 Å². The number of anilines is 1. The van der Waals surface area contributed by atoms with E-state index in [2.05, 4.69) is 10.3 Å². The predicted molar refractivity (Wildman–Crippen MR) is 71.0 cm³/mol. The first-order chi connectivity index (χ1) is 9.60. The lowest BCUT2D eigenvalue weighted by Gasteiger charge is -2.26. The number of amides is 1. The van der Waals surface area contributed by atoms with E-state index in [9.17, 15) is 9.59 Å². The number of nitrogens with two attached hydrogens (primary N) is 1. The van der Waals surface area contributed by atoms with Crippen molar-refractivity contribution in [2.45, 2.75) is 38.6 Å². The molecule has 1 aromatic heterocycles. The second-order valence-corrected chi connectivity index (χ2v) is 4.85. The lowest BCUT2D eigenvalue weighted by Crippen LogP contribution is -2.32. The molecule has 1 saturated carbocycles. The molecule has 1 aromatic rings. The van der Waals surface area contributed by atoms with Crippen LogP contribution in [-0.2, 0) is 9.53 Å². The third-order valence-electron chi connectivity index (χ3n) is 3.45. The third kappa shape index (κ3) is 3.49. The number of carbonyl (C=O) groups excluding carboxylic acids is 2. The van der Waals surface area contributed by atoms with Crippen molar-refractivity contribution in [1.29, 1.82) is 0 Å². The van der Waals surface area contributed by atoms with Gasteiger partial charge in [-0.25, -0.2) is 4.79 Å². The molecule has 1 heterocycles. The average molecular weight is 281 g/mol. The minimum atomic E-state index is -0.498. The Labute approximate surface area is 116 Å². The Morgan fingerprint density at radius 1 is 1.45 bits per heavy atom. The number of nitrogens with one attached hydrogen (secondary N) is 1. The molecule has 2 rings (SSSR count). The molecule has 1 fully saturated rings. The highest BCUT2D eigenvalue weighted by Crippen LogP contribution is 2.26. The highest BCUT2D eigenvalue weighted by atomic mass is 16.5. The first kappa shape index (κ1) is 14.4. The van der Waals surface area contributed by atoms with Gasteiger partial charge in [0.25, 0.3) is 6.01 Å². The number of rotatable bonds is 5. The molecule has 7 heteroatoms. The van der Waals surface area contributed by atoms with Crippen molar-refractivity contribution in [1.82, 2.24) is 4.98 Å². The van der Waals surface area contributed by atoms with Crippen LogP contribution in [0.2, 0.25) is 0 Å². The molecule has 1 amide bonds. The summed E-state index contributed by atoms with van der Waals surface area (Å²) in [7, 11) is 0. The number of hydrogen-bond donors (Lipinski definition) is 2. The second-order valence-electron chi connectivity index (χ2n) is 4.85. The molecule has 0 bridgehead atoms. The fourth-order valence-corrected chi connectivity index (χ4v) is 2.34. The lowest BCUT2D eigenvalue weighted by molar-refractivity contribution is -0.122. The summed E-state index contributed by atoms with van der Waals surface area (Å²) in [6.07, 6.45) is 4.45. The van der Waals surface area contributed by atoms with E-state index in [1.54, 1.807) is 6.92 Å². The summed E-state index contributed by atoms with van der Waals surface area (Å²) in [5, 5.41) is 3.12. The number of primary amides is 1. The van der Waals surface area contributed by atoms with Crippen LogP contribution in [0.1, 0.15) is 43.1 Å². The smallest absolute Gasteiger partial charge is 0.360 e. The molecule has 0 unspecified atom stereocenters.